The van der Waals surface area contributed by atoms with Gasteiger partial charge in [0.05, 0.1) is 17.4 Å². The van der Waals surface area contributed by atoms with Crippen LogP contribution in [-0.4, -0.2) is 29.0 Å². The highest BCUT2D eigenvalue weighted by Crippen LogP contribution is 2.31. The van der Waals surface area contributed by atoms with E-state index in [2.05, 4.69) is 44.5 Å². The highest BCUT2D eigenvalue weighted by Gasteiger charge is 2.24. The summed E-state index contributed by atoms with van der Waals surface area (Å²) in [5, 5.41) is 2.77. The van der Waals surface area contributed by atoms with Gasteiger partial charge in [-0.1, -0.05) is 30.3 Å². The van der Waals surface area contributed by atoms with E-state index < -0.39 is 11.7 Å². The van der Waals surface area contributed by atoms with Crippen molar-refractivity contribution in [2.24, 2.45) is 0 Å². The van der Waals surface area contributed by atoms with Crippen molar-refractivity contribution in [1.82, 2.24) is 9.97 Å². The molecule has 1 saturated heterocycles. The molecule has 0 spiro atoms. The molecular formula is C27H25FN6O. The van der Waals surface area contributed by atoms with Gasteiger partial charge in [0.1, 0.15) is 5.82 Å². The fourth-order valence-corrected chi connectivity index (χ4v) is 4.33. The average Bonchev–Trinajstić information content (AvgIpc) is 3.37. The molecule has 1 aliphatic heterocycles. The highest BCUT2D eigenvalue weighted by atomic mass is 19.1. The van der Waals surface area contributed by atoms with Crippen LogP contribution in [0.25, 0.3) is 11.4 Å². The molecule has 7 nitrogen and oxygen atoms in total. The molecule has 0 bridgehead atoms. The summed E-state index contributed by atoms with van der Waals surface area (Å²) in [6.45, 7) is 1.92. The second-order valence-corrected chi connectivity index (χ2v) is 8.57. The molecular weight excluding hydrogens is 443 g/mol. The van der Waals surface area contributed by atoms with Crippen LogP contribution in [0.2, 0.25) is 0 Å². The molecule has 1 aliphatic rings. The van der Waals surface area contributed by atoms with E-state index in [1.807, 2.05) is 30.3 Å². The zero-order valence-corrected chi connectivity index (χ0v) is 19.0. The largest absolute Gasteiger partial charge is 0.394 e. The van der Waals surface area contributed by atoms with Crippen LogP contribution in [0.3, 0.4) is 0 Å². The van der Waals surface area contributed by atoms with E-state index in [9.17, 15) is 9.18 Å². The third-order valence-corrected chi connectivity index (χ3v) is 6.27. The van der Waals surface area contributed by atoms with Crippen LogP contribution >= 0.6 is 0 Å². The smallest absolute Gasteiger partial charge is 0.258 e. The van der Waals surface area contributed by atoms with Crippen LogP contribution in [0.1, 0.15) is 28.3 Å². The number of hydrogen-bond acceptors (Lipinski definition) is 6. The summed E-state index contributed by atoms with van der Waals surface area (Å²) in [5.41, 5.74) is 15.0. The first-order chi connectivity index (χ1) is 17.0. The van der Waals surface area contributed by atoms with E-state index in [4.69, 9.17) is 11.5 Å². The number of carbonyl (C=O) groups is 1. The Balaban J connectivity index is 1.28. The lowest BCUT2D eigenvalue weighted by molar-refractivity contribution is 0.102. The van der Waals surface area contributed by atoms with Gasteiger partial charge >= 0.3 is 0 Å². The van der Waals surface area contributed by atoms with Crippen molar-refractivity contribution in [3.63, 3.8) is 0 Å². The summed E-state index contributed by atoms with van der Waals surface area (Å²) in [6, 6.07) is 22.2. The molecule has 1 aromatic heterocycles. The van der Waals surface area contributed by atoms with Crippen molar-refractivity contribution < 1.29 is 9.18 Å². The monoisotopic (exact) mass is 468 g/mol. The predicted molar refractivity (Wildman–Crippen MR) is 137 cm³/mol. The van der Waals surface area contributed by atoms with E-state index >= 15 is 0 Å². The van der Waals surface area contributed by atoms with Crippen LogP contribution < -0.4 is 21.7 Å². The zero-order chi connectivity index (χ0) is 24.4. The maximum Gasteiger partial charge on any atom is 0.258 e. The number of rotatable bonds is 5. The summed E-state index contributed by atoms with van der Waals surface area (Å²) < 4.78 is 14.5. The Morgan fingerprint density at radius 3 is 2.54 bits per heavy atom. The molecule has 35 heavy (non-hydrogen) atoms. The van der Waals surface area contributed by atoms with Crippen LogP contribution in [0.15, 0.2) is 79.0 Å². The van der Waals surface area contributed by atoms with Crippen molar-refractivity contribution in [3.05, 3.63) is 95.9 Å². The molecule has 0 radical (unpaired) electrons. The van der Waals surface area contributed by atoms with E-state index in [0.29, 0.717) is 17.2 Å². The van der Waals surface area contributed by atoms with Crippen molar-refractivity contribution in [1.29, 1.82) is 0 Å². The normalized spacial score (nSPS) is 15.2. The lowest BCUT2D eigenvalue weighted by Crippen LogP contribution is -2.19. The van der Waals surface area contributed by atoms with Crippen LogP contribution in [0.5, 0.6) is 0 Å². The number of anilines is 4. The average molecular weight is 469 g/mol. The minimum Gasteiger partial charge on any atom is -0.394 e. The SMILES string of the molecule is Nc1cnc(-c2ccc(F)c(C(=O)Nc3ccc(N4CCC(c5ccccc5)C4)cc3)c2)nc1N. The van der Waals surface area contributed by atoms with Gasteiger partial charge < -0.3 is 21.7 Å². The van der Waals surface area contributed by atoms with Gasteiger partial charge in [0, 0.05) is 35.9 Å². The third kappa shape index (κ3) is 4.77. The quantitative estimate of drug-likeness (QED) is 0.392. The summed E-state index contributed by atoms with van der Waals surface area (Å²) in [6.07, 6.45) is 2.48. The number of nitrogens with two attached hydrogens (primary N) is 2. The standard InChI is InChI=1S/C27H25FN6O/c28-23-11-6-18(26-31-15-24(29)25(30)33-26)14-22(23)27(35)32-20-7-9-21(10-8-20)34-13-12-19(16-34)17-4-2-1-3-5-17/h1-11,14-15,19H,12-13,16,29H2,(H,32,35)(H2,30,31,33). The Morgan fingerprint density at radius 2 is 1.80 bits per heavy atom. The number of nitrogen functional groups attached to an aromatic ring is 2. The molecule has 1 atom stereocenters. The number of amides is 1. The zero-order valence-electron chi connectivity index (χ0n) is 19.0. The molecule has 5 N–H and O–H groups in total. The van der Waals surface area contributed by atoms with Gasteiger partial charge in [-0.25, -0.2) is 14.4 Å². The van der Waals surface area contributed by atoms with Crippen molar-refractivity contribution >= 4 is 28.8 Å². The van der Waals surface area contributed by atoms with Gasteiger partial charge in [-0.05, 0) is 54.4 Å². The number of hydrogen-bond donors (Lipinski definition) is 3. The molecule has 0 saturated carbocycles. The lowest BCUT2D eigenvalue weighted by atomic mass is 9.99. The Morgan fingerprint density at radius 1 is 1.03 bits per heavy atom. The lowest BCUT2D eigenvalue weighted by Gasteiger charge is -2.19. The fourth-order valence-electron chi connectivity index (χ4n) is 4.33. The Labute approximate surface area is 202 Å². The number of aromatic nitrogens is 2. The maximum absolute atomic E-state index is 14.5. The topological polar surface area (TPSA) is 110 Å². The van der Waals surface area contributed by atoms with Gasteiger partial charge in [0.25, 0.3) is 5.91 Å². The third-order valence-electron chi connectivity index (χ3n) is 6.27. The van der Waals surface area contributed by atoms with E-state index in [1.165, 1.54) is 30.0 Å². The van der Waals surface area contributed by atoms with Crippen LogP contribution in [-0.2, 0) is 0 Å². The van der Waals surface area contributed by atoms with Gasteiger partial charge in [-0.3, -0.25) is 4.79 Å². The molecule has 1 fully saturated rings. The van der Waals surface area contributed by atoms with Gasteiger partial charge in [0.15, 0.2) is 11.6 Å². The molecule has 1 amide bonds. The number of benzene rings is 3. The molecule has 176 valence electrons. The summed E-state index contributed by atoms with van der Waals surface area (Å²) >= 11 is 0. The first-order valence-electron chi connectivity index (χ1n) is 11.4. The fraction of sp³-hybridized carbons (Fsp3) is 0.148. The molecule has 8 heteroatoms. The Hall–Kier alpha value is -4.46. The summed E-state index contributed by atoms with van der Waals surface area (Å²) in [4.78, 5) is 23.4. The van der Waals surface area contributed by atoms with Gasteiger partial charge in [-0.2, -0.15) is 0 Å². The van der Waals surface area contributed by atoms with Crippen molar-refractivity contribution in [2.45, 2.75) is 12.3 Å². The van der Waals surface area contributed by atoms with Gasteiger partial charge in [-0.15, -0.1) is 0 Å². The molecule has 3 aromatic carbocycles. The minimum absolute atomic E-state index is 0.115. The van der Waals surface area contributed by atoms with E-state index in [1.54, 1.807) is 0 Å². The van der Waals surface area contributed by atoms with E-state index in [0.717, 1.165) is 25.2 Å². The summed E-state index contributed by atoms with van der Waals surface area (Å²) in [7, 11) is 0. The van der Waals surface area contributed by atoms with Crippen molar-refractivity contribution in [2.75, 3.05) is 34.8 Å². The second kappa shape index (κ2) is 9.42. The van der Waals surface area contributed by atoms with Gasteiger partial charge in [0.2, 0.25) is 0 Å². The number of carbonyl (C=O) groups excluding carboxylic acids is 1. The molecule has 5 rings (SSSR count). The Bertz CT molecular complexity index is 1360. The van der Waals surface area contributed by atoms with E-state index in [-0.39, 0.29) is 22.9 Å². The number of nitrogens with one attached hydrogen (secondary N) is 1. The maximum atomic E-state index is 14.5. The Kier molecular flexibility index (Phi) is 6.01. The molecule has 2 heterocycles. The minimum atomic E-state index is -0.643. The molecule has 4 aromatic rings. The first kappa shape index (κ1) is 22.3. The van der Waals surface area contributed by atoms with Crippen molar-refractivity contribution in [3.8, 4) is 11.4 Å². The predicted octanol–water partition coefficient (Wildman–Crippen LogP) is 4.69. The molecule has 0 aliphatic carbocycles. The summed E-state index contributed by atoms with van der Waals surface area (Å²) in [5.74, 6) is -0.319. The number of halogens is 1. The first-order valence-corrected chi connectivity index (χ1v) is 11.4. The number of nitrogens with zero attached hydrogens (tertiary/aromatic N) is 3. The molecule has 1 unspecified atom stereocenters. The van der Waals surface area contributed by atoms with Crippen LogP contribution in [0.4, 0.5) is 27.3 Å². The second-order valence-electron chi connectivity index (χ2n) is 8.57. The van der Waals surface area contributed by atoms with Crippen LogP contribution in [0, 0.1) is 5.82 Å². The highest BCUT2D eigenvalue weighted by molar-refractivity contribution is 6.05.